The van der Waals surface area contributed by atoms with Crippen LogP contribution in [0.3, 0.4) is 0 Å². The van der Waals surface area contributed by atoms with E-state index in [1.165, 1.54) is 23.1 Å². The molecule has 1 heteroatoms. The van der Waals surface area contributed by atoms with E-state index < -0.39 is 0 Å². The average molecular weight is 184 g/mol. The Morgan fingerprint density at radius 2 is 2.14 bits per heavy atom. The number of allylic oxidation sites excluding steroid dienone is 2. The summed E-state index contributed by atoms with van der Waals surface area (Å²) in [7, 11) is 0. The van der Waals surface area contributed by atoms with Crippen molar-refractivity contribution in [2.75, 3.05) is 0 Å². The molecule has 0 N–H and O–H groups in total. The van der Waals surface area contributed by atoms with Gasteiger partial charge in [-0.25, -0.2) is 0 Å². The van der Waals surface area contributed by atoms with E-state index in [1.54, 1.807) is 0 Å². The second-order valence-electron chi connectivity index (χ2n) is 4.06. The predicted octanol–water partition coefficient (Wildman–Crippen LogP) is 2.99. The van der Waals surface area contributed by atoms with Gasteiger partial charge >= 0.3 is 0 Å². The minimum absolute atomic E-state index is 0.301. The maximum atomic E-state index is 11.7. The number of carbonyl (C=O) groups is 1. The van der Waals surface area contributed by atoms with Crippen molar-refractivity contribution in [1.29, 1.82) is 0 Å². The van der Waals surface area contributed by atoms with E-state index in [-0.39, 0.29) is 0 Å². The second-order valence-corrected chi connectivity index (χ2v) is 4.06. The molecule has 1 aromatic carbocycles. The summed E-state index contributed by atoms with van der Waals surface area (Å²) in [6.07, 6.45) is 6.34. The number of rotatable bonds is 0. The van der Waals surface area contributed by atoms with Crippen LogP contribution in [0.5, 0.6) is 0 Å². The van der Waals surface area contributed by atoms with Crippen LogP contribution < -0.4 is 0 Å². The zero-order valence-electron chi connectivity index (χ0n) is 8.05. The Hall–Kier alpha value is -1.37. The van der Waals surface area contributed by atoms with E-state index in [1.807, 2.05) is 12.1 Å². The van der Waals surface area contributed by atoms with Crippen LogP contribution in [-0.2, 0) is 6.42 Å². The summed E-state index contributed by atoms with van der Waals surface area (Å²) < 4.78 is 0. The van der Waals surface area contributed by atoms with Crippen LogP contribution in [0.2, 0.25) is 0 Å². The summed E-state index contributed by atoms with van der Waals surface area (Å²) in [5.74, 6) is 0.301. The monoisotopic (exact) mass is 184 g/mol. The number of hydrogen-bond donors (Lipinski definition) is 0. The van der Waals surface area contributed by atoms with Crippen LogP contribution in [0.15, 0.2) is 24.3 Å². The molecule has 0 spiro atoms. The van der Waals surface area contributed by atoms with Crippen LogP contribution in [0.25, 0.3) is 5.57 Å². The molecule has 3 rings (SSSR count). The molecule has 0 heterocycles. The lowest BCUT2D eigenvalue weighted by Gasteiger charge is -2.04. The van der Waals surface area contributed by atoms with Gasteiger partial charge in [0.15, 0.2) is 5.78 Å². The maximum absolute atomic E-state index is 11.7. The lowest BCUT2D eigenvalue weighted by molar-refractivity contribution is 0.100. The van der Waals surface area contributed by atoms with Gasteiger partial charge in [0.25, 0.3) is 0 Å². The Morgan fingerprint density at radius 1 is 1.21 bits per heavy atom. The summed E-state index contributed by atoms with van der Waals surface area (Å²) in [5, 5.41) is 0. The number of hydrogen-bond acceptors (Lipinski definition) is 1. The number of ketones is 1. The molecule has 14 heavy (non-hydrogen) atoms. The second kappa shape index (κ2) is 2.81. The van der Waals surface area contributed by atoms with E-state index >= 15 is 0 Å². The van der Waals surface area contributed by atoms with E-state index in [2.05, 4.69) is 12.1 Å². The predicted molar refractivity (Wildman–Crippen MR) is 56.3 cm³/mol. The van der Waals surface area contributed by atoms with Crippen molar-refractivity contribution in [3.05, 3.63) is 41.0 Å². The molecule has 1 aromatic rings. The van der Waals surface area contributed by atoms with Crippen LogP contribution in [0.4, 0.5) is 0 Å². The molecule has 2 aliphatic rings. The molecule has 0 aromatic heterocycles. The van der Waals surface area contributed by atoms with Crippen LogP contribution in [0.1, 0.15) is 40.7 Å². The van der Waals surface area contributed by atoms with Crippen molar-refractivity contribution >= 4 is 11.4 Å². The molecule has 0 saturated carbocycles. The summed E-state index contributed by atoms with van der Waals surface area (Å²) in [5.41, 5.74) is 4.86. The maximum Gasteiger partial charge on any atom is 0.167 e. The zero-order chi connectivity index (χ0) is 9.54. The number of Topliss-reactive ketones (excluding diaryl/α,β-unsaturated/α-hetero) is 1. The van der Waals surface area contributed by atoms with Gasteiger partial charge in [-0.15, -0.1) is 0 Å². The highest BCUT2D eigenvalue weighted by Crippen LogP contribution is 2.37. The first-order valence-electron chi connectivity index (χ1n) is 5.21. The highest BCUT2D eigenvalue weighted by molar-refractivity contribution is 6.12. The van der Waals surface area contributed by atoms with Gasteiger partial charge in [-0.3, -0.25) is 4.79 Å². The first kappa shape index (κ1) is 7.98. The molecule has 2 aliphatic carbocycles. The number of carbonyl (C=O) groups excluding carboxylic acids is 1. The van der Waals surface area contributed by atoms with Crippen molar-refractivity contribution in [2.45, 2.75) is 25.7 Å². The first-order valence-corrected chi connectivity index (χ1v) is 5.21. The van der Waals surface area contributed by atoms with E-state index in [4.69, 9.17) is 0 Å². The van der Waals surface area contributed by atoms with Gasteiger partial charge in [0.2, 0.25) is 0 Å². The smallest absolute Gasteiger partial charge is 0.167 e. The van der Waals surface area contributed by atoms with Gasteiger partial charge in [-0.2, -0.15) is 0 Å². The molecule has 0 aliphatic heterocycles. The van der Waals surface area contributed by atoms with Crippen LogP contribution in [-0.4, -0.2) is 5.78 Å². The third-order valence-electron chi connectivity index (χ3n) is 3.16. The Balaban J connectivity index is 2.32. The molecular formula is C13H12O. The van der Waals surface area contributed by atoms with Gasteiger partial charge in [-0.05, 0) is 36.0 Å². The molecule has 0 bridgehead atoms. The number of benzene rings is 1. The molecule has 70 valence electrons. The third kappa shape index (κ3) is 0.985. The molecule has 0 saturated heterocycles. The van der Waals surface area contributed by atoms with Crippen molar-refractivity contribution in [1.82, 2.24) is 0 Å². The lowest BCUT2D eigenvalue weighted by Crippen LogP contribution is -1.94. The third-order valence-corrected chi connectivity index (χ3v) is 3.16. The lowest BCUT2D eigenvalue weighted by atomic mass is 9.99. The minimum atomic E-state index is 0.301. The normalized spacial score (nSPS) is 18.9. The van der Waals surface area contributed by atoms with Crippen LogP contribution >= 0.6 is 0 Å². The molecular weight excluding hydrogens is 172 g/mol. The van der Waals surface area contributed by atoms with E-state index in [0.717, 1.165) is 18.4 Å². The van der Waals surface area contributed by atoms with E-state index in [0.29, 0.717) is 12.2 Å². The highest BCUT2D eigenvalue weighted by Gasteiger charge is 2.26. The van der Waals surface area contributed by atoms with Gasteiger partial charge in [0.05, 0.1) is 0 Å². The van der Waals surface area contributed by atoms with Gasteiger partial charge in [0.1, 0.15) is 0 Å². The van der Waals surface area contributed by atoms with Crippen molar-refractivity contribution in [3.8, 4) is 0 Å². The summed E-state index contributed by atoms with van der Waals surface area (Å²) in [6, 6.07) is 6.14. The summed E-state index contributed by atoms with van der Waals surface area (Å²) >= 11 is 0. The fraction of sp³-hybridized carbons (Fsp3) is 0.308. The van der Waals surface area contributed by atoms with Gasteiger partial charge < -0.3 is 0 Å². The Morgan fingerprint density at radius 3 is 3.07 bits per heavy atom. The Bertz CT molecular complexity index is 441. The molecule has 0 radical (unpaired) electrons. The molecule has 0 fully saturated rings. The molecule has 0 atom stereocenters. The standard InChI is InChI=1S/C13H12O/c14-12-8-10-5-2-1-4-9-6-3-7-11(12)13(9)10/h3,5-7H,1-2,4,8H2. The minimum Gasteiger partial charge on any atom is -0.294 e. The fourth-order valence-electron chi connectivity index (χ4n) is 2.52. The SMILES string of the molecule is O=C1CC2=CCCCc3cccc1c32. The quantitative estimate of drug-likeness (QED) is 0.605. The Kier molecular flexibility index (Phi) is 1.60. The molecule has 0 unspecified atom stereocenters. The van der Waals surface area contributed by atoms with Crippen LogP contribution in [0, 0.1) is 0 Å². The molecule has 0 amide bonds. The van der Waals surface area contributed by atoms with Gasteiger partial charge in [0, 0.05) is 12.0 Å². The summed E-state index contributed by atoms with van der Waals surface area (Å²) in [4.78, 5) is 11.7. The molecule has 1 nitrogen and oxygen atoms in total. The average Bonchev–Trinajstić information content (AvgIpc) is 2.41. The first-order chi connectivity index (χ1) is 6.86. The van der Waals surface area contributed by atoms with E-state index in [9.17, 15) is 4.79 Å². The Labute approximate surface area is 83.4 Å². The largest absolute Gasteiger partial charge is 0.294 e. The summed E-state index contributed by atoms with van der Waals surface area (Å²) in [6.45, 7) is 0. The highest BCUT2D eigenvalue weighted by atomic mass is 16.1. The van der Waals surface area contributed by atoms with Crippen molar-refractivity contribution in [3.63, 3.8) is 0 Å². The zero-order valence-corrected chi connectivity index (χ0v) is 8.05. The number of aryl methyl sites for hydroxylation is 1. The fourth-order valence-corrected chi connectivity index (χ4v) is 2.52. The van der Waals surface area contributed by atoms with Crippen molar-refractivity contribution in [2.24, 2.45) is 0 Å². The van der Waals surface area contributed by atoms with Gasteiger partial charge in [-0.1, -0.05) is 24.3 Å². The topological polar surface area (TPSA) is 17.1 Å². The van der Waals surface area contributed by atoms with Crippen molar-refractivity contribution < 1.29 is 4.79 Å².